The van der Waals surface area contributed by atoms with E-state index < -0.39 is 6.04 Å². The third kappa shape index (κ3) is 4.48. The van der Waals surface area contributed by atoms with E-state index in [2.05, 4.69) is 32.6 Å². The third-order valence-corrected chi connectivity index (χ3v) is 7.16. The summed E-state index contributed by atoms with van der Waals surface area (Å²) in [7, 11) is 1.65. The van der Waals surface area contributed by atoms with Gasteiger partial charge < -0.3 is 25.2 Å². The largest absolute Gasteiger partial charge is 0.503 e. The number of methoxy groups -OCH3 is 1. The molecule has 1 aliphatic heterocycles. The lowest BCUT2D eigenvalue weighted by Crippen LogP contribution is -2.27. The van der Waals surface area contributed by atoms with Gasteiger partial charge in [0.1, 0.15) is 5.75 Å². The molecule has 0 aromatic heterocycles. The Kier molecular flexibility index (Phi) is 6.43. The van der Waals surface area contributed by atoms with Crippen molar-refractivity contribution >= 4 is 33.1 Å². The topological polar surface area (TPSA) is 79.8 Å². The maximum Gasteiger partial charge on any atom is 0.172 e. The molecule has 180 valence electrons. The second-order valence-electron chi connectivity index (χ2n) is 8.73. The Morgan fingerprint density at radius 3 is 2.60 bits per heavy atom. The van der Waals surface area contributed by atoms with Crippen molar-refractivity contribution in [2.45, 2.75) is 31.7 Å². The molecule has 0 amide bonds. The summed E-state index contributed by atoms with van der Waals surface area (Å²) in [4.78, 5) is 13.8. The number of allylic oxidation sites excluding steroid dienone is 1. The van der Waals surface area contributed by atoms with Crippen molar-refractivity contribution in [3.63, 3.8) is 0 Å². The van der Waals surface area contributed by atoms with Gasteiger partial charge in [-0.2, -0.15) is 0 Å². The van der Waals surface area contributed by atoms with E-state index in [1.165, 1.54) is 0 Å². The van der Waals surface area contributed by atoms with Crippen LogP contribution in [0.15, 0.2) is 76.4 Å². The van der Waals surface area contributed by atoms with Gasteiger partial charge in [-0.25, -0.2) is 0 Å². The summed E-state index contributed by atoms with van der Waals surface area (Å²) in [6, 6.07) is 19.1. The summed E-state index contributed by atoms with van der Waals surface area (Å²) in [5.41, 5.74) is 5.35. The number of fused-ring (bicyclic) bond motifs is 1. The number of rotatable bonds is 5. The minimum Gasteiger partial charge on any atom is -0.503 e. The standard InChI is InChI=1S/C28H27BrN2O4/c1-3-35-25-15-18(12-20(29)28(25)33)27-26-23(30-21-9-4-5-10-22(21)31-27)13-17(14-24(26)32)16-7-6-8-19(11-16)34-2/h4-12,15,17,27,30-31,33H,3,13-14H2,1-2H3/t17-,27+/m1/s1. The summed E-state index contributed by atoms with van der Waals surface area (Å²) in [6.45, 7) is 2.29. The quantitative estimate of drug-likeness (QED) is 0.344. The number of phenols is 1. The fourth-order valence-corrected chi connectivity index (χ4v) is 5.36. The number of nitrogens with one attached hydrogen (secondary N) is 2. The number of para-hydroxylation sites is 2. The first kappa shape index (κ1) is 23.3. The number of halogens is 1. The van der Waals surface area contributed by atoms with Gasteiger partial charge in [0.2, 0.25) is 0 Å². The van der Waals surface area contributed by atoms with E-state index in [4.69, 9.17) is 9.47 Å². The first-order chi connectivity index (χ1) is 17.0. The van der Waals surface area contributed by atoms with E-state index in [1.807, 2.05) is 55.5 Å². The lowest BCUT2D eigenvalue weighted by molar-refractivity contribution is -0.116. The highest BCUT2D eigenvalue weighted by Gasteiger charge is 2.36. The Morgan fingerprint density at radius 2 is 1.83 bits per heavy atom. The van der Waals surface area contributed by atoms with Crippen molar-refractivity contribution in [2.24, 2.45) is 0 Å². The van der Waals surface area contributed by atoms with Crippen LogP contribution >= 0.6 is 15.9 Å². The number of aromatic hydroxyl groups is 1. The van der Waals surface area contributed by atoms with Crippen molar-refractivity contribution < 1.29 is 19.4 Å². The number of ether oxygens (including phenoxy) is 2. The molecule has 2 aliphatic rings. The van der Waals surface area contributed by atoms with Crippen molar-refractivity contribution in [2.75, 3.05) is 24.4 Å². The number of anilines is 2. The number of phenolic OH excluding ortho intramolecular Hbond substituents is 1. The van der Waals surface area contributed by atoms with Gasteiger partial charge in [0.15, 0.2) is 17.3 Å². The monoisotopic (exact) mass is 534 g/mol. The second kappa shape index (κ2) is 9.66. The summed E-state index contributed by atoms with van der Waals surface area (Å²) < 4.78 is 11.6. The van der Waals surface area contributed by atoms with E-state index >= 15 is 0 Å². The van der Waals surface area contributed by atoms with E-state index in [1.54, 1.807) is 13.2 Å². The first-order valence-corrected chi connectivity index (χ1v) is 12.5. The SMILES string of the molecule is CCOc1cc([C@@H]2Nc3ccccc3NC3=C2C(=O)C[C@H](c2cccc(OC)c2)C3)cc(Br)c1O. The number of hydrogen-bond acceptors (Lipinski definition) is 6. The average Bonchev–Trinajstić information content (AvgIpc) is 3.03. The van der Waals surface area contributed by atoms with Crippen LogP contribution in [0.1, 0.15) is 42.9 Å². The van der Waals surface area contributed by atoms with Gasteiger partial charge in [-0.3, -0.25) is 4.79 Å². The number of ketones is 1. The molecule has 0 fully saturated rings. The van der Waals surface area contributed by atoms with Gasteiger partial charge in [0.05, 0.1) is 35.6 Å². The fraction of sp³-hybridized carbons (Fsp3) is 0.250. The molecule has 0 saturated carbocycles. The Labute approximate surface area is 213 Å². The Balaban J connectivity index is 1.62. The molecular formula is C28H27BrN2O4. The summed E-state index contributed by atoms with van der Waals surface area (Å²) >= 11 is 3.46. The first-order valence-electron chi connectivity index (χ1n) is 11.7. The van der Waals surface area contributed by atoms with Gasteiger partial charge in [-0.05, 0) is 82.7 Å². The summed E-state index contributed by atoms with van der Waals surface area (Å²) in [6.07, 6.45) is 1.10. The minimum atomic E-state index is -0.406. The van der Waals surface area contributed by atoms with Crippen LogP contribution in [0.2, 0.25) is 0 Å². The normalized spacial score (nSPS) is 19.1. The van der Waals surface area contributed by atoms with Crippen LogP contribution in [0.4, 0.5) is 11.4 Å². The van der Waals surface area contributed by atoms with E-state index in [-0.39, 0.29) is 17.5 Å². The Bertz CT molecular complexity index is 1320. The van der Waals surface area contributed by atoms with Crippen molar-refractivity contribution in [1.29, 1.82) is 0 Å². The van der Waals surface area contributed by atoms with Crippen LogP contribution in [0.5, 0.6) is 17.2 Å². The second-order valence-corrected chi connectivity index (χ2v) is 9.58. The summed E-state index contributed by atoms with van der Waals surface area (Å²) in [5.74, 6) is 1.33. The smallest absolute Gasteiger partial charge is 0.172 e. The predicted octanol–water partition coefficient (Wildman–Crippen LogP) is 6.54. The lowest BCUT2D eigenvalue weighted by Gasteiger charge is -2.30. The van der Waals surface area contributed by atoms with Crippen molar-refractivity contribution in [1.82, 2.24) is 0 Å². The number of hydrogen-bond donors (Lipinski definition) is 3. The molecule has 3 aromatic carbocycles. The lowest BCUT2D eigenvalue weighted by atomic mass is 9.78. The molecule has 7 heteroatoms. The molecule has 1 aliphatic carbocycles. The van der Waals surface area contributed by atoms with Crippen LogP contribution in [-0.4, -0.2) is 24.6 Å². The molecule has 0 unspecified atom stereocenters. The van der Waals surface area contributed by atoms with E-state index in [0.717, 1.165) is 33.9 Å². The highest BCUT2D eigenvalue weighted by Crippen LogP contribution is 2.46. The molecule has 5 rings (SSSR count). The summed E-state index contributed by atoms with van der Waals surface area (Å²) in [5, 5.41) is 17.6. The van der Waals surface area contributed by atoms with Gasteiger partial charge in [0, 0.05) is 17.7 Å². The molecule has 0 spiro atoms. The maximum atomic E-state index is 13.8. The zero-order valence-corrected chi connectivity index (χ0v) is 21.2. The predicted molar refractivity (Wildman–Crippen MR) is 140 cm³/mol. The molecule has 0 radical (unpaired) electrons. The Hall–Kier alpha value is -3.45. The molecule has 0 bridgehead atoms. The van der Waals surface area contributed by atoms with Crippen LogP contribution in [0.25, 0.3) is 0 Å². The highest BCUT2D eigenvalue weighted by molar-refractivity contribution is 9.10. The van der Waals surface area contributed by atoms with Gasteiger partial charge in [-0.15, -0.1) is 0 Å². The van der Waals surface area contributed by atoms with Crippen LogP contribution in [0, 0.1) is 0 Å². The van der Waals surface area contributed by atoms with Crippen LogP contribution in [0.3, 0.4) is 0 Å². The molecule has 6 nitrogen and oxygen atoms in total. The average molecular weight is 535 g/mol. The molecule has 0 saturated heterocycles. The molecule has 1 heterocycles. The number of carbonyl (C=O) groups excluding carboxylic acids is 1. The molecular weight excluding hydrogens is 508 g/mol. The zero-order chi connectivity index (χ0) is 24.5. The van der Waals surface area contributed by atoms with Crippen molar-refractivity contribution in [3.8, 4) is 17.2 Å². The zero-order valence-electron chi connectivity index (χ0n) is 19.6. The van der Waals surface area contributed by atoms with Crippen LogP contribution < -0.4 is 20.1 Å². The minimum absolute atomic E-state index is 0.0419. The molecule has 3 N–H and O–H groups in total. The Morgan fingerprint density at radius 1 is 1.03 bits per heavy atom. The fourth-order valence-electron chi connectivity index (χ4n) is 4.90. The van der Waals surface area contributed by atoms with Gasteiger partial charge in [-0.1, -0.05) is 24.3 Å². The molecule has 3 aromatic rings. The van der Waals surface area contributed by atoms with Gasteiger partial charge >= 0.3 is 0 Å². The van der Waals surface area contributed by atoms with E-state index in [9.17, 15) is 9.90 Å². The molecule has 35 heavy (non-hydrogen) atoms. The number of benzene rings is 3. The highest BCUT2D eigenvalue weighted by atomic mass is 79.9. The molecule has 2 atom stereocenters. The maximum absolute atomic E-state index is 13.8. The van der Waals surface area contributed by atoms with Crippen LogP contribution in [-0.2, 0) is 4.79 Å². The third-order valence-electron chi connectivity index (χ3n) is 6.56. The van der Waals surface area contributed by atoms with Crippen molar-refractivity contribution in [3.05, 3.63) is 87.5 Å². The van der Waals surface area contributed by atoms with E-state index in [0.29, 0.717) is 35.2 Å². The van der Waals surface area contributed by atoms with Gasteiger partial charge in [0.25, 0.3) is 0 Å². The number of carbonyl (C=O) groups is 1. The number of Topliss-reactive ketones (excluding diaryl/α,β-unsaturated/α-hetero) is 1.